The number of hydrogen-bond acceptors (Lipinski definition) is 3. The molecule has 4 nitrogen and oxygen atoms in total. The third-order valence-corrected chi connectivity index (χ3v) is 2.76. The predicted molar refractivity (Wildman–Crippen MR) is 44.4 cm³/mol. The van der Waals surface area contributed by atoms with E-state index in [1.807, 2.05) is 0 Å². The summed E-state index contributed by atoms with van der Waals surface area (Å²) in [6.45, 7) is 1.79. The summed E-state index contributed by atoms with van der Waals surface area (Å²) < 4.78 is 5.50. The van der Waals surface area contributed by atoms with Gasteiger partial charge in [0.25, 0.3) is 0 Å². The molecule has 14 heavy (non-hydrogen) atoms. The van der Waals surface area contributed by atoms with Gasteiger partial charge in [0, 0.05) is 26.7 Å². The Morgan fingerprint density at radius 2 is 2.36 bits per heavy atom. The number of amides is 1. The molecule has 2 aliphatic heterocycles. The summed E-state index contributed by atoms with van der Waals surface area (Å²) in [7, 11) is 0. The van der Waals surface area contributed by atoms with E-state index in [9.17, 15) is 9.59 Å². The Morgan fingerprint density at radius 3 is 2.79 bits per heavy atom. The molecule has 0 spiro atoms. The second-order valence-electron chi connectivity index (χ2n) is 3.63. The molecule has 1 amide bonds. The summed E-state index contributed by atoms with van der Waals surface area (Å²) in [5.41, 5.74) is 5.18. The Hall–Kier alpha value is -0.472. The predicted octanol–water partition coefficient (Wildman–Crippen LogP) is -0.173. The van der Waals surface area contributed by atoms with Gasteiger partial charge in [-0.25, -0.2) is 0 Å². The Balaban J connectivity index is 0.000000980. The largest absolute Gasteiger partial charge is 0.418 e. The molecule has 2 rings (SSSR count). The molecule has 2 heterocycles. The van der Waals surface area contributed by atoms with Crippen LogP contribution in [0.5, 0.6) is 0 Å². The number of carbonyl (C=O) groups is 1. The SMILES string of the molecule is CC12CCC(O1)C([C-]=O)=C2C(N)=O.[W]. The summed E-state index contributed by atoms with van der Waals surface area (Å²) in [4.78, 5) is 21.7. The molecule has 0 aromatic carbocycles. The van der Waals surface area contributed by atoms with Crippen LogP contribution in [0.1, 0.15) is 19.8 Å². The van der Waals surface area contributed by atoms with Crippen molar-refractivity contribution in [2.24, 2.45) is 5.73 Å². The van der Waals surface area contributed by atoms with Crippen molar-refractivity contribution in [2.75, 3.05) is 0 Å². The molecular formula is C9H10NO3W-. The van der Waals surface area contributed by atoms with Gasteiger partial charge in [-0.2, -0.15) is 0 Å². The summed E-state index contributed by atoms with van der Waals surface area (Å²) in [6, 6.07) is 0. The van der Waals surface area contributed by atoms with Crippen LogP contribution in [-0.4, -0.2) is 23.9 Å². The smallest absolute Gasteiger partial charge is 0.166 e. The summed E-state index contributed by atoms with van der Waals surface area (Å²) >= 11 is 0. The van der Waals surface area contributed by atoms with Gasteiger partial charge in [0.15, 0.2) is 5.91 Å². The third kappa shape index (κ3) is 1.37. The van der Waals surface area contributed by atoms with Crippen molar-refractivity contribution in [1.82, 2.24) is 0 Å². The minimum atomic E-state index is -0.636. The molecule has 1 fully saturated rings. The number of ether oxygens (including phenoxy) is 1. The van der Waals surface area contributed by atoms with Crippen LogP contribution in [0, 0.1) is 0 Å². The van der Waals surface area contributed by atoms with Crippen LogP contribution >= 0.6 is 0 Å². The van der Waals surface area contributed by atoms with Gasteiger partial charge in [0.2, 0.25) is 0 Å². The van der Waals surface area contributed by atoms with Crippen molar-refractivity contribution < 1.29 is 35.4 Å². The first kappa shape index (κ1) is 11.6. The van der Waals surface area contributed by atoms with Crippen LogP contribution in [0.25, 0.3) is 0 Å². The molecule has 0 aliphatic carbocycles. The molecule has 1 saturated heterocycles. The minimum Gasteiger partial charge on any atom is -0.418 e. The van der Waals surface area contributed by atoms with E-state index in [2.05, 4.69) is 0 Å². The number of rotatable bonds is 2. The zero-order valence-electron chi connectivity index (χ0n) is 7.70. The van der Waals surface area contributed by atoms with Gasteiger partial charge in [0.1, 0.15) is 0 Å². The van der Waals surface area contributed by atoms with Crippen molar-refractivity contribution >= 4 is 12.2 Å². The molecule has 0 aromatic heterocycles. The van der Waals surface area contributed by atoms with Crippen molar-refractivity contribution in [3.8, 4) is 0 Å². The maximum absolute atomic E-state index is 11.1. The number of primary amides is 1. The molecule has 0 saturated carbocycles. The van der Waals surface area contributed by atoms with Gasteiger partial charge in [-0.15, -0.1) is 5.57 Å². The van der Waals surface area contributed by atoms with E-state index >= 15 is 0 Å². The summed E-state index contributed by atoms with van der Waals surface area (Å²) in [5.74, 6) is -0.567. The normalized spacial score (nSPS) is 34.2. The molecule has 2 aliphatic rings. The zero-order chi connectivity index (χ0) is 9.64. The first-order valence-corrected chi connectivity index (χ1v) is 4.19. The molecule has 0 radical (unpaired) electrons. The summed E-state index contributed by atoms with van der Waals surface area (Å²) in [6.07, 6.45) is 3.02. The Kier molecular flexibility index (Phi) is 2.98. The van der Waals surface area contributed by atoms with E-state index in [4.69, 9.17) is 10.5 Å². The number of carbonyl (C=O) groups excluding carboxylic acids is 2. The van der Waals surface area contributed by atoms with Gasteiger partial charge in [-0.3, -0.25) is 4.79 Å². The number of fused-ring (bicyclic) bond motifs is 2. The molecule has 2 bridgehead atoms. The zero-order valence-corrected chi connectivity index (χ0v) is 10.6. The minimum absolute atomic E-state index is 0. The van der Waals surface area contributed by atoms with E-state index in [1.54, 1.807) is 13.2 Å². The van der Waals surface area contributed by atoms with Crippen molar-refractivity contribution in [1.29, 1.82) is 0 Å². The Labute approximate surface area is 96.1 Å². The maximum Gasteiger partial charge on any atom is 0.166 e. The number of nitrogens with two attached hydrogens (primary N) is 1. The van der Waals surface area contributed by atoms with Gasteiger partial charge in [-0.1, -0.05) is 5.57 Å². The average Bonchev–Trinajstić information content (AvgIpc) is 2.55. The van der Waals surface area contributed by atoms with Crippen molar-refractivity contribution in [3.05, 3.63) is 11.1 Å². The fourth-order valence-corrected chi connectivity index (χ4v) is 2.18. The van der Waals surface area contributed by atoms with E-state index in [1.165, 1.54) is 0 Å². The third-order valence-electron chi connectivity index (χ3n) is 2.76. The maximum atomic E-state index is 11.1. The van der Waals surface area contributed by atoms with Crippen molar-refractivity contribution in [2.45, 2.75) is 31.5 Å². The monoisotopic (exact) mass is 364 g/mol. The average molecular weight is 364 g/mol. The van der Waals surface area contributed by atoms with E-state index in [-0.39, 0.29) is 27.2 Å². The fourth-order valence-electron chi connectivity index (χ4n) is 2.18. The van der Waals surface area contributed by atoms with E-state index < -0.39 is 11.5 Å². The van der Waals surface area contributed by atoms with Crippen LogP contribution in [0.15, 0.2) is 11.1 Å². The van der Waals surface area contributed by atoms with Crippen LogP contribution < -0.4 is 5.73 Å². The van der Waals surface area contributed by atoms with E-state index in [0.29, 0.717) is 11.1 Å². The fraction of sp³-hybridized carbons (Fsp3) is 0.556. The van der Waals surface area contributed by atoms with Gasteiger partial charge < -0.3 is 15.3 Å². The Bertz CT molecular complexity index is 326. The first-order valence-electron chi connectivity index (χ1n) is 4.19. The van der Waals surface area contributed by atoms with E-state index in [0.717, 1.165) is 12.8 Å². The molecule has 2 N–H and O–H groups in total. The Morgan fingerprint density at radius 1 is 1.71 bits per heavy atom. The summed E-state index contributed by atoms with van der Waals surface area (Å²) in [5, 5.41) is 0. The molecule has 5 heteroatoms. The standard InChI is InChI=1S/C9H10NO3.W/c1-9-3-2-6(13-9)5(4-11)7(9)8(10)12;/h6H,2-3H2,1H3,(H2,10,12);/q-1;. The van der Waals surface area contributed by atoms with Crippen LogP contribution in [0.4, 0.5) is 0 Å². The molecular weight excluding hydrogens is 354 g/mol. The molecule has 2 unspecified atom stereocenters. The molecule has 76 valence electrons. The number of hydrogen-bond donors (Lipinski definition) is 1. The van der Waals surface area contributed by atoms with Crippen LogP contribution in [-0.2, 0) is 35.4 Å². The van der Waals surface area contributed by atoms with Gasteiger partial charge in [-0.05, 0) is 26.1 Å². The van der Waals surface area contributed by atoms with Crippen molar-refractivity contribution in [3.63, 3.8) is 0 Å². The quantitative estimate of drug-likeness (QED) is 0.692. The molecule has 0 aromatic rings. The van der Waals surface area contributed by atoms with Gasteiger partial charge in [0.05, 0.1) is 6.10 Å². The molecule has 2 atom stereocenters. The second kappa shape index (κ2) is 3.59. The van der Waals surface area contributed by atoms with Gasteiger partial charge >= 0.3 is 0 Å². The first-order chi connectivity index (χ1) is 6.08. The van der Waals surface area contributed by atoms with Crippen LogP contribution in [0.3, 0.4) is 0 Å². The van der Waals surface area contributed by atoms with Crippen LogP contribution in [0.2, 0.25) is 0 Å². The topological polar surface area (TPSA) is 69.4 Å². The second-order valence-corrected chi connectivity index (χ2v) is 3.63.